The molecule has 2 aromatic carbocycles. The summed E-state index contributed by atoms with van der Waals surface area (Å²) < 4.78 is 18.3. The Labute approximate surface area is 185 Å². The molecule has 0 aliphatic heterocycles. The molecule has 1 N–H and O–H groups in total. The van der Waals surface area contributed by atoms with Gasteiger partial charge in [0.1, 0.15) is 5.82 Å². The van der Waals surface area contributed by atoms with E-state index in [-0.39, 0.29) is 5.02 Å². The maximum Gasteiger partial charge on any atom is 0.330 e. The van der Waals surface area contributed by atoms with Gasteiger partial charge < -0.3 is 10.1 Å². The highest BCUT2D eigenvalue weighted by Gasteiger charge is 2.11. The first-order valence-corrected chi connectivity index (χ1v) is 9.95. The summed E-state index contributed by atoms with van der Waals surface area (Å²) in [7, 11) is 0. The molecule has 1 heterocycles. The van der Waals surface area contributed by atoms with Gasteiger partial charge in [0.05, 0.1) is 17.3 Å². The number of halogens is 2. The maximum absolute atomic E-state index is 13.4. The molecule has 7 heteroatoms. The number of hydrogen-bond acceptors (Lipinski definition) is 5. The van der Waals surface area contributed by atoms with Gasteiger partial charge >= 0.3 is 5.97 Å². The van der Waals surface area contributed by atoms with Crippen LogP contribution in [0.25, 0.3) is 22.8 Å². The lowest BCUT2D eigenvalue weighted by atomic mass is 10.0. The van der Waals surface area contributed by atoms with E-state index in [0.717, 1.165) is 22.3 Å². The minimum absolute atomic E-state index is 0.00873. The Hall–Kier alpha value is -3.51. The van der Waals surface area contributed by atoms with Crippen LogP contribution in [0.3, 0.4) is 0 Å². The van der Waals surface area contributed by atoms with E-state index in [0.29, 0.717) is 23.9 Å². The largest absolute Gasteiger partial charge is 0.463 e. The highest BCUT2D eigenvalue weighted by atomic mass is 35.5. The van der Waals surface area contributed by atoms with Gasteiger partial charge in [-0.1, -0.05) is 36.4 Å². The van der Waals surface area contributed by atoms with E-state index in [1.54, 1.807) is 25.3 Å². The normalized spacial score (nSPS) is 10.8. The molecular weight excluding hydrogens is 417 g/mol. The van der Waals surface area contributed by atoms with Gasteiger partial charge in [-0.25, -0.2) is 19.2 Å². The molecule has 0 saturated carbocycles. The number of aromatic nitrogens is 2. The number of benzene rings is 2. The van der Waals surface area contributed by atoms with E-state index in [9.17, 15) is 9.18 Å². The standard InChI is InChI=1S/C24H21ClFN3O2/c1-4-31-22(30)11-8-16-6-5-7-17(12-16)19-14-27-24(29-23(19)15(2)3)28-18-9-10-21(26)20(25)13-18/h5-14H,2,4H2,1,3H3,(H,27,28,29). The zero-order chi connectivity index (χ0) is 22.4. The quantitative estimate of drug-likeness (QED) is 0.347. The fraction of sp³-hybridized carbons (Fsp3) is 0.125. The molecule has 0 bridgehead atoms. The Morgan fingerprint density at radius 3 is 2.81 bits per heavy atom. The van der Waals surface area contributed by atoms with Crippen molar-refractivity contribution >= 4 is 40.9 Å². The minimum atomic E-state index is -0.497. The van der Waals surface area contributed by atoms with Crippen molar-refractivity contribution in [2.75, 3.05) is 11.9 Å². The maximum atomic E-state index is 13.4. The molecule has 0 spiro atoms. The van der Waals surface area contributed by atoms with Crippen LogP contribution in [0.5, 0.6) is 0 Å². The third-order valence-electron chi connectivity index (χ3n) is 4.26. The zero-order valence-corrected chi connectivity index (χ0v) is 17.9. The van der Waals surface area contributed by atoms with Crippen LogP contribution >= 0.6 is 11.6 Å². The van der Waals surface area contributed by atoms with Crippen molar-refractivity contribution in [3.05, 3.63) is 83.4 Å². The molecule has 0 amide bonds. The van der Waals surface area contributed by atoms with E-state index in [1.807, 2.05) is 31.2 Å². The van der Waals surface area contributed by atoms with Gasteiger partial charge in [0.25, 0.3) is 0 Å². The predicted molar refractivity (Wildman–Crippen MR) is 123 cm³/mol. The Kier molecular flexibility index (Phi) is 7.15. The first-order chi connectivity index (χ1) is 14.9. The van der Waals surface area contributed by atoms with Gasteiger partial charge in [-0.2, -0.15) is 0 Å². The molecule has 0 atom stereocenters. The van der Waals surface area contributed by atoms with Crippen molar-refractivity contribution in [3.8, 4) is 11.1 Å². The van der Waals surface area contributed by atoms with Crippen LogP contribution in [0.1, 0.15) is 25.1 Å². The van der Waals surface area contributed by atoms with Gasteiger partial charge in [0, 0.05) is 23.5 Å². The summed E-state index contributed by atoms with van der Waals surface area (Å²) in [5.41, 5.74) is 4.49. The molecule has 5 nitrogen and oxygen atoms in total. The molecular formula is C24H21ClFN3O2. The second-order valence-corrected chi connectivity index (χ2v) is 7.11. The molecule has 158 valence electrons. The number of carbonyl (C=O) groups excluding carboxylic acids is 1. The Balaban J connectivity index is 1.91. The van der Waals surface area contributed by atoms with Crippen molar-refractivity contribution in [2.45, 2.75) is 13.8 Å². The Bertz CT molecular complexity index is 1160. The third-order valence-corrected chi connectivity index (χ3v) is 4.55. The van der Waals surface area contributed by atoms with Gasteiger partial charge in [-0.05, 0) is 60.9 Å². The summed E-state index contributed by atoms with van der Waals surface area (Å²) >= 11 is 5.84. The molecule has 3 rings (SSSR count). The van der Waals surface area contributed by atoms with E-state index in [1.165, 1.54) is 18.2 Å². The topological polar surface area (TPSA) is 64.1 Å². The summed E-state index contributed by atoms with van der Waals surface area (Å²) in [6.45, 7) is 7.96. The monoisotopic (exact) mass is 437 g/mol. The lowest BCUT2D eigenvalue weighted by Crippen LogP contribution is -2.01. The highest BCUT2D eigenvalue weighted by molar-refractivity contribution is 6.31. The molecule has 1 aromatic heterocycles. The van der Waals surface area contributed by atoms with Gasteiger partial charge in [-0.15, -0.1) is 0 Å². The van der Waals surface area contributed by atoms with Crippen LogP contribution in [0.15, 0.2) is 61.3 Å². The number of ether oxygens (including phenoxy) is 1. The number of hydrogen-bond donors (Lipinski definition) is 1. The molecule has 31 heavy (non-hydrogen) atoms. The van der Waals surface area contributed by atoms with E-state index < -0.39 is 11.8 Å². The lowest BCUT2D eigenvalue weighted by molar-refractivity contribution is -0.137. The second kappa shape index (κ2) is 10.00. The average Bonchev–Trinajstić information content (AvgIpc) is 2.75. The van der Waals surface area contributed by atoms with Crippen LogP contribution in [-0.2, 0) is 9.53 Å². The number of carbonyl (C=O) groups is 1. The molecule has 3 aromatic rings. The number of nitrogens with one attached hydrogen (secondary N) is 1. The first kappa shape index (κ1) is 22.2. The summed E-state index contributed by atoms with van der Waals surface area (Å²) in [6.07, 6.45) is 4.77. The summed E-state index contributed by atoms with van der Waals surface area (Å²) in [5, 5.41) is 3.03. The van der Waals surface area contributed by atoms with Crippen LogP contribution in [0.4, 0.5) is 16.0 Å². The SMILES string of the molecule is C=C(C)c1nc(Nc2ccc(F)c(Cl)c2)ncc1-c1cccc(C=CC(=O)OCC)c1. The van der Waals surface area contributed by atoms with E-state index >= 15 is 0 Å². The van der Waals surface area contributed by atoms with E-state index in [2.05, 4.69) is 21.9 Å². The summed E-state index contributed by atoms with van der Waals surface area (Å²) in [4.78, 5) is 20.5. The van der Waals surface area contributed by atoms with Crippen molar-refractivity contribution in [3.63, 3.8) is 0 Å². The zero-order valence-electron chi connectivity index (χ0n) is 17.2. The Morgan fingerprint density at radius 2 is 2.10 bits per heavy atom. The molecule has 0 unspecified atom stereocenters. The molecule has 0 radical (unpaired) electrons. The van der Waals surface area contributed by atoms with Gasteiger partial charge in [0.2, 0.25) is 5.95 Å². The van der Waals surface area contributed by atoms with Crippen molar-refractivity contribution in [1.29, 1.82) is 0 Å². The molecule has 0 aliphatic carbocycles. The Morgan fingerprint density at radius 1 is 1.29 bits per heavy atom. The highest BCUT2D eigenvalue weighted by Crippen LogP contribution is 2.29. The number of allylic oxidation sites excluding steroid dienone is 1. The average molecular weight is 438 g/mol. The second-order valence-electron chi connectivity index (χ2n) is 6.70. The predicted octanol–water partition coefficient (Wildman–Crippen LogP) is 6.29. The van der Waals surface area contributed by atoms with Crippen molar-refractivity contribution in [2.24, 2.45) is 0 Å². The van der Waals surface area contributed by atoms with Crippen LogP contribution in [-0.4, -0.2) is 22.5 Å². The van der Waals surface area contributed by atoms with Crippen LogP contribution in [0, 0.1) is 5.82 Å². The molecule has 0 fully saturated rings. The number of anilines is 2. The number of nitrogens with zero attached hydrogens (tertiary/aromatic N) is 2. The summed E-state index contributed by atoms with van der Waals surface area (Å²) in [5.74, 6) is -0.555. The number of rotatable bonds is 7. The van der Waals surface area contributed by atoms with Crippen LogP contribution in [0.2, 0.25) is 5.02 Å². The summed E-state index contributed by atoms with van der Waals surface area (Å²) in [6, 6.07) is 11.9. The van der Waals surface area contributed by atoms with Gasteiger partial charge in [0.15, 0.2) is 0 Å². The van der Waals surface area contributed by atoms with Crippen molar-refractivity contribution < 1.29 is 13.9 Å². The minimum Gasteiger partial charge on any atom is -0.463 e. The van der Waals surface area contributed by atoms with Crippen molar-refractivity contribution in [1.82, 2.24) is 9.97 Å². The lowest BCUT2D eigenvalue weighted by Gasteiger charge is -2.12. The molecule has 0 aliphatic rings. The van der Waals surface area contributed by atoms with E-state index in [4.69, 9.17) is 16.3 Å². The fourth-order valence-corrected chi connectivity index (χ4v) is 3.03. The number of esters is 1. The third kappa shape index (κ3) is 5.77. The van der Waals surface area contributed by atoms with Gasteiger partial charge in [-0.3, -0.25) is 0 Å². The smallest absolute Gasteiger partial charge is 0.330 e. The molecule has 0 saturated heterocycles. The fourth-order valence-electron chi connectivity index (χ4n) is 2.85. The first-order valence-electron chi connectivity index (χ1n) is 9.57. The van der Waals surface area contributed by atoms with Crippen LogP contribution < -0.4 is 5.32 Å².